The maximum atomic E-state index is 9.15. The molecule has 108 valence electrons. The molecule has 0 unspecified atom stereocenters. The Labute approximate surface area is 115 Å². The maximum Gasteiger partial charge on any atom is 0.156 e. The van der Waals surface area contributed by atoms with Gasteiger partial charge in [0.05, 0.1) is 19.3 Å². The van der Waals surface area contributed by atoms with E-state index >= 15 is 0 Å². The van der Waals surface area contributed by atoms with Crippen LogP contribution in [0.5, 0.6) is 0 Å². The Balaban J connectivity index is 2.19. The van der Waals surface area contributed by atoms with Gasteiger partial charge in [0.15, 0.2) is 11.6 Å². The molecular weight excluding hydrogens is 242 g/mol. The minimum atomic E-state index is -0.0887. The zero-order valence-electron chi connectivity index (χ0n) is 12.2. The van der Waals surface area contributed by atoms with Crippen LogP contribution in [0.15, 0.2) is 0 Å². The molecule has 1 saturated carbocycles. The lowest BCUT2D eigenvalue weighted by molar-refractivity contribution is 0.00994. The van der Waals surface area contributed by atoms with Gasteiger partial charge in [-0.1, -0.05) is 12.8 Å². The molecule has 0 bridgehead atoms. The standard InChI is InChI=1S/C14H25N3O2/c1-10(2)19-11(3)14-15-13(12-6-4-5-7-12)16-17(14)8-9-18/h10-12,18H,4-9H2,1-3H3/t11-/m1/s1. The van der Waals surface area contributed by atoms with E-state index in [0.29, 0.717) is 12.5 Å². The zero-order chi connectivity index (χ0) is 13.8. The SMILES string of the molecule is CC(C)O[C@H](C)c1nc(C2CCCC2)nn1CCO. The molecule has 0 spiro atoms. The molecule has 0 aromatic carbocycles. The second-order valence-corrected chi connectivity index (χ2v) is 5.58. The Kier molecular flexibility index (Phi) is 4.93. The summed E-state index contributed by atoms with van der Waals surface area (Å²) < 4.78 is 7.60. The first-order valence-electron chi connectivity index (χ1n) is 7.32. The first kappa shape index (κ1) is 14.5. The van der Waals surface area contributed by atoms with Crippen molar-refractivity contribution in [3.8, 4) is 0 Å². The van der Waals surface area contributed by atoms with Crippen molar-refractivity contribution in [1.29, 1.82) is 0 Å². The van der Waals surface area contributed by atoms with E-state index in [1.54, 1.807) is 4.68 Å². The van der Waals surface area contributed by atoms with Gasteiger partial charge in [-0.3, -0.25) is 0 Å². The molecule has 0 saturated heterocycles. The van der Waals surface area contributed by atoms with Crippen molar-refractivity contribution in [2.24, 2.45) is 0 Å². The van der Waals surface area contributed by atoms with Crippen molar-refractivity contribution in [1.82, 2.24) is 14.8 Å². The molecule has 2 rings (SSSR count). The van der Waals surface area contributed by atoms with Crippen LogP contribution in [-0.4, -0.2) is 32.6 Å². The fraction of sp³-hybridized carbons (Fsp3) is 0.857. The van der Waals surface area contributed by atoms with E-state index in [1.807, 2.05) is 20.8 Å². The van der Waals surface area contributed by atoms with Gasteiger partial charge in [0, 0.05) is 5.92 Å². The van der Waals surface area contributed by atoms with Crippen LogP contribution >= 0.6 is 0 Å². The highest BCUT2D eigenvalue weighted by atomic mass is 16.5. The molecule has 1 aromatic rings. The first-order chi connectivity index (χ1) is 9.11. The van der Waals surface area contributed by atoms with E-state index in [1.165, 1.54) is 25.7 Å². The van der Waals surface area contributed by atoms with E-state index in [-0.39, 0.29) is 18.8 Å². The van der Waals surface area contributed by atoms with E-state index in [9.17, 15) is 0 Å². The molecule has 1 aromatic heterocycles. The third-order valence-corrected chi connectivity index (χ3v) is 3.59. The predicted octanol–water partition coefficient (Wildman–Crippen LogP) is 2.41. The Morgan fingerprint density at radius 1 is 1.32 bits per heavy atom. The average Bonchev–Trinajstić information content (AvgIpc) is 2.95. The summed E-state index contributed by atoms with van der Waals surface area (Å²) in [6.45, 7) is 6.59. The summed E-state index contributed by atoms with van der Waals surface area (Å²) in [5.74, 6) is 2.26. The molecule has 0 aliphatic heterocycles. The molecule has 1 fully saturated rings. The van der Waals surface area contributed by atoms with E-state index in [2.05, 4.69) is 10.1 Å². The molecule has 19 heavy (non-hydrogen) atoms. The normalized spacial score (nSPS) is 18.4. The summed E-state index contributed by atoms with van der Waals surface area (Å²) >= 11 is 0. The molecule has 1 heterocycles. The van der Waals surface area contributed by atoms with Crippen molar-refractivity contribution < 1.29 is 9.84 Å². The van der Waals surface area contributed by atoms with Crippen LogP contribution in [0.4, 0.5) is 0 Å². The summed E-state index contributed by atoms with van der Waals surface area (Å²) in [5, 5.41) is 13.7. The largest absolute Gasteiger partial charge is 0.394 e. The molecule has 0 radical (unpaired) electrons. The predicted molar refractivity (Wildman–Crippen MR) is 73.0 cm³/mol. The second kappa shape index (κ2) is 6.48. The summed E-state index contributed by atoms with van der Waals surface area (Å²) in [7, 11) is 0. The summed E-state index contributed by atoms with van der Waals surface area (Å²) in [6, 6.07) is 0. The van der Waals surface area contributed by atoms with Crippen LogP contribution in [0.1, 0.15) is 70.1 Å². The lowest BCUT2D eigenvalue weighted by atomic mass is 10.1. The number of rotatable bonds is 6. The lowest BCUT2D eigenvalue weighted by Gasteiger charge is -2.15. The van der Waals surface area contributed by atoms with Gasteiger partial charge in [-0.2, -0.15) is 5.10 Å². The van der Waals surface area contributed by atoms with Gasteiger partial charge in [-0.15, -0.1) is 0 Å². The van der Waals surface area contributed by atoms with Gasteiger partial charge in [0.1, 0.15) is 6.10 Å². The van der Waals surface area contributed by atoms with Gasteiger partial charge < -0.3 is 9.84 Å². The lowest BCUT2D eigenvalue weighted by Crippen LogP contribution is -2.15. The number of hydrogen-bond acceptors (Lipinski definition) is 4. The second-order valence-electron chi connectivity index (χ2n) is 5.58. The monoisotopic (exact) mass is 267 g/mol. The van der Waals surface area contributed by atoms with Gasteiger partial charge in [0.25, 0.3) is 0 Å². The van der Waals surface area contributed by atoms with Crippen LogP contribution in [0.3, 0.4) is 0 Å². The summed E-state index contributed by atoms with van der Waals surface area (Å²) in [4.78, 5) is 4.68. The molecule has 1 aliphatic carbocycles. The Morgan fingerprint density at radius 3 is 2.58 bits per heavy atom. The number of ether oxygens (including phenoxy) is 1. The molecule has 5 heteroatoms. The molecule has 1 N–H and O–H groups in total. The number of aliphatic hydroxyl groups is 1. The van der Waals surface area contributed by atoms with Crippen molar-refractivity contribution >= 4 is 0 Å². The summed E-state index contributed by atoms with van der Waals surface area (Å²) in [5.41, 5.74) is 0. The Morgan fingerprint density at radius 2 is 2.00 bits per heavy atom. The molecular formula is C14H25N3O2. The first-order valence-corrected chi connectivity index (χ1v) is 7.32. The number of nitrogens with zero attached hydrogens (tertiary/aromatic N) is 3. The van der Waals surface area contributed by atoms with Crippen LogP contribution in [-0.2, 0) is 11.3 Å². The van der Waals surface area contributed by atoms with E-state index < -0.39 is 0 Å². The van der Waals surface area contributed by atoms with Crippen LogP contribution in [0, 0.1) is 0 Å². The third kappa shape index (κ3) is 3.54. The highest BCUT2D eigenvalue weighted by Gasteiger charge is 2.25. The van der Waals surface area contributed by atoms with Gasteiger partial charge in [-0.05, 0) is 33.6 Å². The van der Waals surface area contributed by atoms with E-state index in [0.717, 1.165) is 11.6 Å². The average molecular weight is 267 g/mol. The molecule has 1 atom stereocenters. The number of aliphatic hydroxyl groups excluding tert-OH is 1. The topological polar surface area (TPSA) is 60.2 Å². The minimum Gasteiger partial charge on any atom is -0.394 e. The van der Waals surface area contributed by atoms with Crippen LogP contribution in [0.25, 0.3) is 0 Å². The number of hydrogen-bond donors (Lipinski definition) is 1. The highest BCUT2D eigenvalue weighted by Crippen LogP contribution is 2.33. The Bertz CT molecular complexity index is 397. The fourth-order valence-electron chi connectivity index (χ4n) is 2.76. The Hall–Kier alpha value is -0.940. The van der Waals surface area contributed by atoms with Gasteiger partial charge in [0.2, 0.25) is 0 Å². The van der Waals surface area contributed by atoms with Crippen LogP contribution < -0.4 is 0 Å². The van der Waals surface area contributed by atoms with Crippen LogP contribution in [0.2, 0.25) is 0 Å². The van der Waals surface area contributed by atoms with Crippen molar-refractivity contribution in [3.05, 3.63) is 11.6 Å². The maximum absolute atomic E-state index is 9.15. The third-order valence-electron chi connectivity index (χ3n) is 3.59. The van der Waals surface area contributed by atoms with E-state index in [4.69, 9.17) is 9.84 Å². The minimum absolute atomic E-state index is 0.0782. The van der Waals surface area contributed by atoms with Crippen molar-refractivity contribution in [2.45, 2.75) is 71.1 Å². The molecule has 5 nitrogen and oxygen atoms in total. The summed E-state index contributed by atoms with van der Waals surface area (Å²) in [6.07, 6.45) is 4.97. The zero-order valence-corrected chi connectivity index (χ0v) is 12.2. The molecule has 0 amide bonds. The number of aromatic nitrogens is 3. The van der Waals surface area contributed by atoms with Gasteiger partial charge in [-0.25, -0.2) is 9.67 Å². The van der Waals surface area contributed by atoms with Crippen molar-refractivity contribution in [2.75, 3.05) is 6.61 Å². The van der Waals surface area contributed by atoms with Crippen molar-refractivity contribution in [3.63, 3.8) is 0 Å². The molecule has 1 aliphatic rings. The highest BCUT2D eigenvalue weighted by molar-refractivity contribution is 5.03. The quantitative estimate of drug-likeness (QED) is 0.860. The smallest absolute Gasteiger partial charge is 0.156 e. The fourth-order valence-corrected chi connectivity index (χ4v) is 2.76. The van der Waals surface area contributed by atoms with Gasteiger partial charge >= 0.3 is 0 Å².